The van der Waals surface area contributed by atoms with Crippen molar-refractivity contribution in [1.82, 2.24) is 5.32 Å². The first-order chi connectivity index (χ1) is 4.72. The van der Waals surface area contributed by atoms with Gasteiger partial charge in [-0.3, -0.25) is 4.79 Å². The molecule has 56 valence electrons. The molecule has 0 spiro atoms. The number of hydrogen-bond acceptors (Lipinski definition) is 3. The second-order valence-electron chi connectivity index (χ2n) is 1.59. The third-order valence-electron chi connectivity index (χ3n) is 0.876. The lowest BCUT2D eigenvalue weighted by atomic mass is 10.4. The van der Waals surface area contributed by atoms with Gasteiger partial charge in [0.25, 0.3) is 5.91 Å². The minimum absolute atomic E-state index is 0.143. The van der Waals surface area contributed by atoms with Crippen molar-refractivity contribution in [2.75, 3.05) is 7.05 Å². The number of likely N-dealkylation sites (N-methyl/N-ethyl adjacent to an activating group) is 1. The molecule has 0 aliphatic rings. The van der Waals surface area contributed by atoms with Crippen LogP contribution in [0.25, 0.3) is 0 Å². The van der Waals surface area contributed by atoms with E-state index in [1.54, 1.807) is 0 Å². The maximum atomic E-state index is 10.6. The van der Waals surface area contributed by atoms with Crippen molar-refractivity contribution in [3.63, 3.8) is 0 Å². The number of nitrogens with two attached hydrogens (primary N) is 2. The summed E-state index contributed by atoms with van der Waals surface area (Å²) in [5.74, 6) is -0.307. The summed E-state index contributed by atoms with van der Waals surface area (Å²) in [5.41, 5.74) is 10.4. The summed E-state index contributed by atoms with van der Waals surface area (Å²) in [5, 5.41) is 2.37. The molecule has 0 aliphatic heterocycles. The maximum Gasteiger partial charge on any atom is 0.266 e. The molecule has 0 aromatic rings. The van der Waals surface area contributed by atoms with Crippen LogP contribution in [0.1, 0.15) is 0 Å². The van der Waals surface area contributed by atoms with Gasteiger partial charge in [0.1, 0.15) is 0 Å². The predicted octanol–water partition coefficient (Wildman–Crippen LogP) is -0.953. The highest BCUT2D eigenvalue weighted by molar-refractivity contribution is 5.92. The van der Waals surface area contributed by atoms with E-state index in [0.717, 1.165) is 0 Å². The Bertz CT molecular complexity index is 172. The molecule has 0 bridgehead atoms. The highest BCUT2D eigenvalue weighted by atomic mass is 16.1. The van der Waals surface area contributed by atoms with Gasteiger partial charge >= 0.3 is 0 Å². The van der Waals surface area contributed by atoms with Crippen LogP contribution in [0, 0.1) is 0 Å². The van der Waals surface area contributed by atoms with Gasteiger partial charge in [-0.05, 0) is 18.4 Å². The summed E-state index contributed by atoms with van der Waals surface area (Å²) >= 11 is 0. The second-order valence-corrected chi connectivity index (χ2v) is 1.59. The number of hydrogen-bond donors (Lipinski definition) is 3. The highest BCUT2D eigenvalue weighted by Crippen LogP contribution is 1.82. The van der Waals surface area contributed by atoms with Gasteiger partial charge in [-0.25, -0.2) is 0 Å². The molecule has 0 unspecified atom stereocenters. The summed E-state index contributed by atoms with van der Waals surface area (Å²) in [7, 11) is 1.51. The third-order valence-corrected chi connectivity index (χ3v) is 0.876. The van der Waals surface area contributed by atoms with E-state index in [0.29, 0.717) is 0 Å². The fourth-order valence-electron chi connectivity index (χ4n) is 0.379. The van der Waals surface area contributed by atoms with Crippen LogP contribution in [0.15, 0.2) is 24.0 Å². The Kier molecular flexibility index (Phi) is 3.79. The minimum atomic E-state index is -0.307. The van der Waals surface area contributed by atoms with Crippen LogP contribution in [0.2, 0.25) is 0 Å². The minimum Gasteiger partial charge on any atom is -0.405 e. The normalized spacial score (nSPS) is 11.9. The Morgan fingerprint density at radius 1 is 1.60 bits per heavy atom. The molecule has 4 heteroatoms. The van der Waals surface area contributed by atoms with Gasteiger partial charge in [-0.15, -0.1) is 0 Å². The number of rotatable bonds is 2. The molecule has 0 fully saturated rings. The van der Waals surface area contributed by atoms with Gasteiger partial charge in [0.15, 0.2) is 0 Å². The van der Waals surface area contributed by atoms with E-state index in [9.17, 15) is 4.79 Å². The fourth-order valence-corrected chi connectivity index (χ4v) is 0.379. The zero-order valence-electron chi connectivity index (χ0n) is 5.79. The Balaban J connectivity index is 4.05. The first kappa shape index (κ1) is 8.55. The van der Waals surface area contributed by atoms with Gasteiger partial charge in [0, 0.05) is 7.05 Å². The quantitative estimate of drug-likeness (QED) is 0.342. The number of carbonyl (C=O) groups excluding carboxylic acids is 1. The summed E-state index contributed by atoms with van der Waals surface area (Å²) in [6, 6.07) is 0. The first-order valence-corrected chi connectivity index (χ1v) is 2.78. The standard InChI is InChI=1S/C6H11N3O/c1-9-6(10)5(8)3-2-4-7/h2-4H,7-8H2,1H3,(H,9,10)/b4-2-,5-3-. The summed E-state index contributed by atoms with van der Waals surface area (Å²) in [4.78, 5) is 10.6. The molecule has 0 heterocycles. The van der Waals surface area contributed by atoms with E-state index in [1.807, 2.05) is 0 Å². The lowest BCUT2D eigenvalue weighted by molar-refractivity contribution is -0.117. The first-order valence-electron chi connectivity index (χ1n) is 2.78. The van der Waals surface area contributed by atoms with Crippen molar-refractivity contribution in [3.05, 3.63) is 24.0 Å². The molecule has 0 saturated heterocycles. The van der Waals surface area contributed by atoms with Gasteiger partial charge < -0.3 is 16.8 Å². The monoisotopic (exact) mass is 141 g/mol. The molecule has 0 aromatic heterocycles. The van der Waals surface area contributed by atoms with Crippen LogP contribution >= 0.6 is 0 Å². The van der Waals surface area contributed by atoms with E-state index in [4.69, 9.17) is 11.5 Å². The van der Waals surface area contributed by atoms with Crippen molar-refractivity contribution in [3.8, 4) is 0 Å². The molecular formula is C6H11N3O. The summed E-state index contributed by atoms with van der Waals surface area (Å²) in [6.07, 6.45) is 4.22. The molecule has 10 heavy (non-hydrogen) atoms. The van der Waals surface area contributed by atoms with Crippen molar-refractivity contribution in [1.29, 1.82) is 0 Å². The molecule has 5 N–H and O–H groups in total. The summed E-state index contributed by atoms with van der Waals surface area (Å²) in [6.45, 7) is 0. The summed E-state index contributed by atoms with van der Waals surface area (Å²) < 4.78 is 0. The molecule has 0 atom stereocenters. The average molecular weight is 141 g/mol. The zero-order chi connectivity index (χ0) is 7.98. The van der Waals surface area contributed by atoms with Crippen LogP contribution in [-0.2, 0) is 4.79 Å². The smallest absolute Gasteiger partial charge is 0.266 e. The molecular weight excluding hydrogens is 130 g/mol. The SMILES string of the molecule is CNC(=O)/C(N)=C/C=C\N. The number of carbonyl (C=O) groups is 1. The van der Waals surface area contributed by atoms with Crippen molar-refractivity contribution in [2.24, 2.45) is 11.5 Å². The van der Waals surface area contributed by atoms with E-state index < -0.39 is 0 Å². The fraction of sp³-hybridized carbons (Fsp3) is 0.167. The number of amides is 1. The Morgan fingerprint density at radius 3 is 2.60 bits per heavy atom. The topological polar surface area (TPSA) is 81.1 Å². The molecule has 4 nitrogen and oxygen atoms in total. The molecule has 0 radical (unpaired) electrons. The Labute approximate surface area is 59.6 Å². The maximum absolute atomic E-state index is 10.6. The molecule has 0 aromatic carbocycles. The van der Waals surface area contributed by atoms with Gasteiger partial charge in [0.2, 0.25) is 0 Å². The predicted molar refractivity (Wildman–Crippen MR) is 39.7 cm³/mol. The highest BCUT2D eigenvalue weighted by Gasteiger charge is 1.97. The van der Waals surface area contributed by atoms with Crippen LogP contribution < -0.4 is 16.8 Å². The molecule has 1 amide bonds. The van der Waals surface area contributed by atoms with Crippen molar-refractivity contribution in [2.45, 2.75) is 0 Å². The second kappa shape index (κ2) is 4.43. The largest absolute Gasteiger partial charge is 0.405 e. The lowest BCUT2D eigenvalue weighted by Gasteiger charge is -1.95. The molecule has 0 saturated carbocycles. The van der Waals surface area contributed by atoms with E-state index in [2.05, 4.69) is 5.32 Å². The third kappa shape index (κ3) is 2.76. The van der Waals surface area contributed by atoms with Crippen LogP contribution in [0.5, 0.6) is 0 Å². The zero-order valence-corrected chi connectivity index (χ0v) is 5.79. The van der Waals surface area contributed by atoms with Crippen molar-refractivity contribution < 1.29 is 4.79 Å². The van der Waals surface area contributed by atoms with Crippen LogP contribution in [0.3, 0.4) is 0 Å². The van der Waals surface area contributed by atoms with E-state index in [-0.39, 0.29) is 11.6 Å². The van der Waals surface area contributed by atoms with E-state index in [1.165, 1.54) is 25.4 Å². The molecule has 0 rings (SSSR count). The average Bonchev–Trinajstić information content (AvgIpc) is 1.98. The Hall–Kier alpha value is -1.45. The van der Waals surface area contributed by atoms with Gasteiger partial charge in [0.05, 0.1) is 5.70 Å². The van der Waals surface area contributed by atoms with Gasteiger partial charge in [-0.2, -0.15) is 0 Å². The van der Waals surface area contributed by atoms with Gasteiger partial charge in [-0.1, -0.05) is 0 Å². The molecule has 0 aliphatic carbocycles. The number of nitrogens with one attached hydrogen (secondary N) is 1. The van der Waals surface area contributed by atoms with Crippen LogP contribution in [-0.4, -0.2) is 13.0 Å². The van der Waals surface area contributed by atoms with Crippen molar-refractivity contribution >= 4 is 5.91 Å². The Morgan fingerprint density at radius 2 is 2.20 bits per heavy atom. The lowest BCUT2D eigenvalue weighted by Crippen LogP contribution is -2.24. The van der Waals surface area contributed by atoms with E-state index >= 15 is 0 Å². The number of allylic oxidation sites excluding steroid dienone is 2. The van der Waals surface area contributed by atoms with Crippen LogP contribution in [0.4, 0.5) is 0 Å².